The van der Waals surface area contributed by atoms with Crippen LogP contribution in [0.1, 0.15) is 17.9 Å². The summed E-state index contributed by atoms with van der Waals surface area (Å²) in [5.74, 6) is -5.26. The fourth-order valence-electron chi connectivity index (χ4n) is 4.02. The molecule has 5 nitrogen and oxygen atoms in total. The Morgan fingerprint density at radius 2 is 1.94 bits per heavy atom. The van der Waals surface area contributed by atoms with Gasteiger partial charge in [-0.05, 0) is 45.6 Å². The summed E-state index contributed by atoms with van der Waals surface area (Å²) in [5.41, 5.74) is 1.01. The summed E-state index contributed by atoms with van der Waals surface area (Å²) in [4.78, 5) is 29.9. The molecule has 0 saturated heterocycles. The van der Waals surface area contributed by atoms with E-state index in [4.69, 9.17) is 4.74 Å². The van der Waals surface area contributed by atoms with E-state index in [1.165, 1.54) is 24.3 Å². The van der Waals surface area contributed by atoms with Crippen LogP contribution in [0.15, 0.2) is 74.6 Å². The van der Waals surface area contributed by atoms with Gasteiger partial charge in [0.05, 0.1) is 17.3 Å². The molecule has 0 N–H and O–H groups in total. The van der Waals surface area contributed by atoms with Crippen LogP contribution in [0.25, 0.3) is 0 Å². The number of nitrogens with zero attached hydrogens (tertiary/aromatic N) is 1. The number of alkyl halides is 3. The van der Waals surface area contributed by atoms with Gasteiger partial charge in [0.2, 0.25) is 0 Å². The molecule has 32 heavy (non-hydrogen) atoms. The average molecular weight is 512 g/mol. The second kappa shape index (κ2) is 8.16. The highest BCUT2D eigenvalue weighted by Crippen LogP contribution is 2.50. The quantitative estimate of drug-likeness (QED) is 0.317. The van der Waals surface area contributed by atoms with Crippen molar-refractivity contribution in [1.82, 2.24) is 0 Å². The lowest BCUT2D eigenvalue weighted by molar-refractivity contribution is -0.274. The van der Waals surface area contributed by atoms with Gasteiger partial charge in [-0.3, -0.25) is 9.59 Å². The Bertz CT molecular complexity index is 1180. The van der Waals surface area contributed by atoms with Crippen LogP contribution in [0, 0.1) is 5.92 Å². The largest absolute Gasteiger partial charge is 0.573 e. The Balaban J connectivity index is 1.89. The molecule has 2 unspecified atom stereocenters. The monoisotopic (exact) mass is 511 g/mol. The van der Waals surface area contributed by atoms with Crippen molar-refractivity contribution in [2.75, 3.05) is 7.11 Å². The molecular formula is C22H14BrF4NO4. The third-order valence-corrected chi connectivity index (χ3v) is 5.97. The molecular weight excluding hydrogens is 498 g/mol. The number of ketones is 1. The molecule has 0 bridgehead atoms. The van der Waals surface area contributed by atoms with Gasteiger partial charge in [-0.15, -0.1) is 13.2 Å². The van der Waals surface area contributed by atoms with Crippen LogP contribution in [-0.2, 0) is 14.3 Å². The van der Waals surface area contributed by atoms with Gasteiger partial charge in [0.25, 0.3) is 0 Å². The number of benzene rings is 1. The smallest absolute Gasteiger partial charge is 0.468 e. The summed E-state index contributed by atoms with van der Waals surface area (Å²) in [6, 6.07) is 5.31. The summed E-state index contributed by atoms with van der Waals surface area (Å²) >= 11 is 3.09. The number of aliphatic imine (C=N–C) groups is 1. The first kappa shape index (κ1) is 22.2. The zero-order valence-electron chi connectivity index (χ0n) is 16.4. The number of methoxy groups -OCH3 is 1. The Kier molecular flexibility index (Phi) is 5.66. The van der Waals surface area contributed by atoms with Gasteiger partial charge in [0, 0.05) is 17.6 Å². The number of Topliss-reactive ketones (excluding diaryl/α,β-unsaturated/α-hetero) is 1. The van der Waals surface area contributed by atoms with Gasteiger partial charge in [-0.25, -0.2) is 9.38 Å². The van der Waals surface area contributed by atoms with E-state index in [1.807, 2.05) is 0 Å². The maximum atomic E-state index is 14.2. The van der Waals surface area contributed by atoms with E-state index in [1.54, 1.807) is 6.08 Å². The van der Waals surface area contributed by atoms with Crippen molar-refractivity contribution in [3.05, 3.63) is 75.2 Å². The summed E-state index contributed by atoms with van der Waals surface area (Å²) in [6.07, 6.45) is -0.672. The first-order valence-electron chi connectivity index (χ1n) is 9.33. The van der Waals surface area contributed by atoms with Crippen molar-refractivity contribution < 1.29 is 36.6 Å². The van der Waals surface area contributed by atoms with Crippen LogP contribution in [0.3, 0.4) is 0 Å². The molecule has 10 heteroatoms. The topological polar surface area (TPSA) is 65.0 Å². The highest BCUT2D eigenvalue weighted by atomic mass is 79.9. The number of hydrogen-bond donors (Lipinski definition) is 0. The molecule has 1 heterocycles. The number of para-hydroxylation sites is 1. The van der Waals surface area contributed by atoms with Gasteiger partial charge in [-0.1, -0.05) is 24.3 Å². The highest BCUT2D eigenvalue weighted by Gasteiger charge is 2.50. The lowest BCUT2D eigenvalue weighted by Crippen LogP contribution is -2.28. The van der Waals surface area contributed by atoms with Crippen LogP contribution in [0.2, 0.25) is 0 Å². The molecule has 0 saturated carbocycles. The van der Waals surface area contributed by atoms with E-state index in [0.717, 1.165) is 19.3 Å². The highest BCUT2D eigenvalue weighted by molar-refractivity contribution is 9.12. The minimum absolute atomic E-state index is 0.00453. The van der Waals surface area contributed by atoms with Crippen LogP contribution in [0.5, 0.6) is 5.75 Å². The summed E-state index contributed by atoms with van der Waals surface area (Å²) < 4.78 is 62.3. The molecule has 0 fully saturated rings. The molecule has 0 amide bonds. The third kappa shape index (κ3) is 3.94. The van der Waals surface area contributed by atoms with Gasteiger partial charge in [0.15, 0.2) is 5.78 Å². The zero-order valence-corrected chi connectivity index (χ0v) is 18.0. The Labute approximate surface area is 187 Å². The second-order valence-corrected chi connectivity index (χ2v) is 8.03. The first-order valence-corrected chi connectivity index (χ1v) is 10.1. The summed E-state index contributed by atoms with van der Waals surface area (Å²) in [7, 11) is 1.08. The van der Waals surface area contributed by atoms with E-state index in [2.05, 4.69) is 25.7 Å². The van der Waals surface area contributed by atoms with Crippen LogP contribution in [-0.4, -0.2) is 30.9 Å². The first-order chi connectivity index (χ1) is 15.1. The molecule has 0 radical (unpaired) electrons. The van der Waals surface area contributed by atoms with Crippen molar-refractivity contribution in [3.8, 4) is 5.75 Å². The van der Waals surface area contributed by atoms with Gasteiger partial charge >= 0.3 is 12.3 Å². The van der Waals surface area contributed by atoms with Crippen LogP contribution >= 0.6 is 15.9 Å². The van der Waals surface area contributed by atoms with E-state index < -0.39 is 41.5 Å². The second-order valence-electron chi connectivity index (χ2n) is 7.17. The van der Waals surface area contributed by atoms with E-state index in [9.17, 15) is 27.2 Å². The standard InChI is InChI=1S/C22H14BrF4NO4/c1-31-21(30)18-17(11-4-2-3-5-16(11)32-22(25,26)27)12-8-10-6-7-13(23)14(24)9-15(10)28-19(12)20(18)29/h2-7,9,17-18H,8H2,1H3. The summed E-state index contributed by atoms with van der Waals surface area (Å²) in [6.45, 7) is 0. The average Bonchev–Trinajstić information content (AvgIpc) is 2.93. The number of halogens is 5. The fourth-order valence-corrected chi connectivity index (χ4v) is 4.26. The Morgan fingerprint density at radius 3 is 2.62 bits per heavy atom. The molecule has 166 valence electrons. The van der Waals surface area contributed by atoms with Crippen molar-refractivity contribution in [1.29, 1.82) is 0 Å². The number of hydrogen-bond acceptors (Lipinski definition) is 5. The Morgan fingerprint density at radius 1 is 1.22 bits per heavy atom. The minimum atomic E-state index is -4.97. The van der Waals surface area contributed by atoms with Crippen molar-refractivity contribution in [3.63, 3.8) is 0 Å². The van der Waals surface area contributed by atoms with Gasteiger partial charge in [0.1, 0.15) is 23.2 Å². The molecule has 0 aromatic heterocycles. The number of ether oxygens (including phenoxy) is 2. The van der Waals surface area contributed by atoms with Crippen molar-refractivity contribution in [2.24, 2.45) is 10.9 Å². The third-order valence-electron chi connectivity index (χ3n) is 5.33. The van der Waals surface area contributed by atoms with Crippen LogP contribution in [0.4, 0.5) is 17.6 Å². The number of carbonyl (C=O) groups is 2. The molecule has 0 spiro atoms. The number of carbonyl (C=O) groups excluding carboxylic acids is 2. The SMILES string of the molecule is COC(=O)C1C(=O)C2=C(CC3=CC=C(Br)C(F)=CC3=N2)C1c1ccccc1OC(F)(F)F. The predicted octanol–water partition coefficient (Wildman–Crippen LogP) is 5.21. The molecule has 1 aromatic rings. The van der Waals surface area contributed by atoms with Crippen molar-refractivity contribution in [2.45, 2.75) is 18.7 Å². The predicted molar refractivity (Wildman–Crippen MR) is 110 cm³/mol. The van der Waals surface area contributed by atoms with Gasteiger partial charge < -0.3 is 9.47 Å². The van der Waals surface area contributed by atoms with E-state index >= 15 is 0 Å². The summed E-state index contributed by atoms with van der Waals surface area (Å²) in [5, 5.41) is 0. The lowest BCUT2D eigenvalue weighted by atomic mass is 9.81. The Hall–Kier alpha value is -3.01. The molecule has 2 atom stereocenters. The van der Waals surface area contributed by atoms with Crippen molar-refractivity contribution >= 4 is 33.4 Å². The normalized spacial score (nSPS) is 22.8. The molecule has 2 aliphatic carbocycles. The number of esters is 1. The van der Waals surface area contributed by atoms with E-state index in [-0.39, 0.29) is 27.9 Å². The van der Waals surface area contributed by atoms with E-state index in [0.29, 0.717) is 11.1 Å². The number of fused-ring (bicyclic) bond motifs is 1. The zero-order chi connectivity index (χ0) is 23.2. The molecule has 4 rings (SSSR count). The number of rotatable bonds is 3. The maximum absolute atomic E-state index is 14.2. The number of allylic oxidation sites excluding steroid dienone is 8. The molecule has 1 aromatic carbocycles. The fraction of sp³-hybridized carbons (Fsp3) is 0.227. The molecule has 3 aliphatic rings. The minimum Gasteiger partial charge on any atom is -0.468 e. The van der Waals surface area contributed by atoms with Crippen LogP contribution < -0.4 is 4.74 Å². The maximum Gasteiger partial charge on any atom is 0.573 e. The lowest BCUT2D eigenvalue weighted by Gasteiger charge is -2.24. The van der Waals surface area contributed by atoms with Gasteiger partial charge in [-0.2, -0.15) is 0 Å². The molecule has 1 aliphatic heterocycles.